The Morgan fingerprint density at radius 2 is 1.89 bits per heavy atom. The highest BCUT2D eigenvalue weighted by Crippen LogP contribution is 2.33. The van der Waals surface area contributed by atoms with E-state index in [0.717, 1.165) is 48.4 Å². The van der Waals surface area contributed by atoms with Gasteiger partial charge in [0.05, 0.1) is 7.11 Å². The molecular weight excluding hydrogens is 352 g/mol. The maximum Gasteiger partial charge on any atom is 0.225 e. The maximum absolute atomic E-state index is 12.3. The first kappa shape index (κ1) is 18.5. The van der Waals surface area contributed by atoms with Gasteiger partial charge in [0.25, 0.3) is 0 Å². The van der Waals surface area contributed by atoms with Gasteiger partial charge < -0.3 is 15.0 Å². The van der Waals surface area contributed by atoms with Gasteiger partial charge in [0.2, 0.25) is 11.8 Å². The van der Waals surface area contributed by atoms with Gasteiger partial charge in [-0.25, -0.2) is 0 Å². The number of carbonyl (C=O) groups excluding carboxylic acids is 2. The molecular formula is C23H26N2O3. The van der Waals surface area contributed by atoms with E-state index >= 15 is 0 Å². The first-order valence-corrected chi connectivity index (χ1v) is 9.96. The Bertz CT molecular complexity index is 872. The molecule has 5 nitrogen and oxygen atoms in total. The fourth-order valence-electron chi connectivity index (χ4n) is 3.69. The zero-order chi connectivity index (χ0) is 19.5. The van der Waals surface area contributed by atoms with E-state index in [1.54, 1.807) is 7.11 Å². The molecule has 1 fully saturated rings. The molecule has 0 aromatic heterocycles. The van der Waals surface area contributed by atoms with Crippen molar-refractivity contribution in [2.24, 2.45) is 5.92 Å². The van der Waals surface area contributed by atoms with Crippen LogP contribution in [0.25, 0.3) is 0 Å². The lowest BCUT2D eigenvalue weighted by atomic mass is 9.98. The van der Waals surface area contributed by atoms with Crippen LogP contribution in [0.15, 0.2) is 42.5 Å². The molecule has 0 unspecified atom stereocenters. The topological polar surface area (TPSA) is 58.6 Å². The number of aryl methyl sites for hydroxylation is 1. The van der Waals surface area contributed by atoms with Gasteiger partial charge in [0.15, 0.2) is 0 Å². The Labute approximate surface area is 165 Å². The molecule has 0 spiro atoms. The van der Waals surface area contributed by atoms with Crippen LogP contribution in [0.4, 0.5) is 5.69 Å². The van der Waals surface area contributed by atoms with Crippen molar-refractivity contribution in [3.05, 3.63) is 59.2 Å². The summed E-state index contributed by atoms with van der Waals surface area (Å²) < 4.78 is 5.15. The Kier molecular flexibility index (Phi) is 5.33. The highest BCUT2D eigenvalue weighted by molar-refractivity contribution is 5.91. The molecule has 2 amide bonds. The third-order valence-electron chi connectivity index (χ3n) is 5.54. The van der Waals surface area contributed by atoms with Crippen LogP contribution in [0, 0.1) is 5.92 Å². The van der Waals surface area contributed by atoms with E-state index in [4.69, 9.17) is 4.74 Å². The number of amides is 2. The largest absolute Gasteiger partial charge is 0.497 e. The predicted molar refractivity (Wildman–Crippen MR) is 108 cm³/mol. The summed E-state index contributed by atoms with van der Waals surface area (Å²) in [5, 5.41) is 3.00. The maximum atomic E-state index is 12.3. The van der Waals surface area contributed by atoms with Crippen molar-refractivity contribution in [1.82, 2.24) is 4.90 Å². The number of rotatable bonds is 6. The summed E-state index contributed by atoms with van der Waals surface area (Å²) in [5.74, 6) is 1.36. The van der Waals surface area contributed by atoms with Crippen molar-refractivity contribution >= 4 is 17.5 Å². The van der Waals surface area contributed by atoms with E-state index in [-0.39, 0.29) is 11.8 Å². The van der Waals surface area contributed by atoms with Gasteiger partial charge in [-0.15, -0.1) is 0 Å². The minimum atomic E-state index is -0.00232. The molecule has 5 heteroatoms. The normalized spacial score (nSPS) is 15.7. The smallest absolute Gasteiger partial charge is 0.225 e. The molecule has 1 aliphatic carbocycles. The van der Waals surface area contributed by atoms with E-state index in [2.05, 4.69) is 11.4 Å². The highest BCUT2D eigenvalue weighted by Gasteiger charge is 2.34. The summed E-state index contributed by atoms with van der Waals surface area (Å²) in [6.45, 7) is 1.45. The highest BCUT2D eigenvalue weighted by atomic mass is 16.5. The number of fused-ring (bicyclic) bond motifs is 1. The van der Waals surface area contributed by atoms with Crippen molar-refractivity contribution in [1.29, 1.82) is 0 Å². The Morgan fingerprint density at radius 1 is 1.11 bits per heavy atom. The Morgan fingerprint density at radius 3 is 2.61 bits per heavy atom. The molecule has 1 saturated carbocycles. The van der Waals surface area contributed by atoms with Crippen LogP contribution in [-0.2, 0) is 29.0 Å². The molecule has 0 bridgehead atoms. The number of benzene rings is 2. The number of methoxy groups -OCH3 is 1. The Balaban J connectivity index is 1.33. The molecule has 0 radical (unpaired) electrons. The molecule has 2 aliphatic rings. The van der Waals surface area contributed by atoms with Gasteiger partial charge in [-0.2, -0.15) is 0 Å². The average Bonchev–Trinajstić information content (AvgIpc) is 3.57. The van der Waals surface area contributed by atoms with E-state index < -0.39 is 0 Å². The molecule has 2 aromatic carbocycles. The SMILES string of the molecule is COc1ccc(CCC(=O)Nc2ccc3c(c2)CN(C(=O)C2CC2)CC3)cc1. The van der Waals surface area contributed by atoms with Crippen LogP contribution in [-0.4, -0.2) is 30.4 Å². The van der Waals surface area contributed by atoms with Gasteiger partial charge in [0, 0.05) is 31.1 Å². The summed E-state index contributed by atoms with van der Waals surface area (Å²) in [6.07, 6.45) is 4.07. The second kappa shape index (κ2) is 8.05. The lowest BCUT2D eigenvalue weighted by Gasteiger charge is -2.29. The second-order valence-electron chi connectivity index (χ2n) is 7.66. The summed E-state index contributed by atoms with van der Waals surface area (Å²) in [6, 6.07) is 13.8. The van der Waals surface area contributed by atoms with Crippen LogP contribution in [0.1, 0.15) is 36.0 Å². The first-order valence-electron chi connectivity index (χ1n) is 9.96. The number of hydrogen-bond donors (Lipinski definition) is 1. The molecule has 2 aromatic rings. The summed E-state index contributed by atoms with van der Waals surface area (Å²) in [5.41, 5.74) is 4.33. The molecule has 0 atom stereocenters. The number of nitrogens with zero attached hydrogens (tertiary/aromatic N) is 1. The van der Waals surface area contributed by atoms with Crippen molar-refractivity contribution in [2.75, 3.05) is 19.0 Å². The summed E-state index contributed by atoms with van der Waals surface area (Å²) in [4.78, 5) is 26.7. The van der Waals surface area contributed by atoms with Gasteiger partial charge in [0.1, 0.15) is 5.75 Å². The molecule has 1 N–H and O–H groups in total. The van der Waals surface area contributed by atoms with Crippen LogP contribution in [0.3, 0.4) is 0 Å². The minimum absolute atomic E-state index is 0.00232. The lowest BCUT2D eigenvalue weighted by Crippen LogP contribution is -2.36. The van der Waals surface area contributed by atoms with Crippen molar-refractivity contribution in [3.63, 3.8) is 0 Å². The molecule has 146 valence electrons. The minimum Gasteiger partial charge on any atom is -0.497 e. The summed E-state index contributed by atoms with van der Waals surface area (Å²) in [7, 11) is 1.64. The Hall–Kier alpha value is -2.82. The van der Waals surface area contributed by atoms with Gasteiger partial charge in [-0.05, 0) is 66.6 Å². The number of anilines is 1. The van der Waals surface area contributed by atoms with Crippen molar-refractivity contribution < 1.29 is 14.3 Å². The van der Waals surface area contributed by atoms with E-state index in [1.807, 2.05) is 41.3 Å². The van der Waals surface area contributed by atoms with Crippen molar-refractivity contribution in [3.8, 4) is 5.75 Å². The van der Waals surface area contributed by atoms with Gasteiger partial charge in [-0.1, -0.05) is 18.2 Å². The third-order valence-corrected chi connectivity index (χ3v) is 5.54. The quantitative estimate of drug-likeness (QED) is 0.836. The molecule has 1 heterocycles. The van der Waals surface area contributed by atoms with Crippen molar-refractivity contribution in [2.45, 2.75) is 38.6 Å². The van der Waals surface area contributed by atoms with Crippen LogP contribution in [0.5, 0.6) is 5.75 Å². The molecule has 28 heavy (non-hydrogen) atoms. The van der Waals surface area contributed by atoms with Crippen LogP contribution < -0.4 is 10.1 Å². The zero-order valence-electron chi connectivity index (χ0n) is 16.2. The zero-order valence-corrected chi connectivity index (χ0v) is 16.2. The number of hydrogen-bond acceptors (Lipinski definition) is 3. The van der Waals surface area contributed by atoms with E-state index in [1.165, 1.54) is 5.56 Å². The lowest BCUT2D eigenvalue weighted by molar-refractivity contribution is -0.133. The molecule has 4 rings (SSSR count). The average molecular weight is 378 g/mol. The predicted octanol–water partition coefficient (Wildman–Crippen LogP) is 3.56. The second-order valence-corrected chi connectivity index (χ2v) is 7.66. The monoisotopic (exact) mass is 378 g/mol. The van der Waals surface area contributed by atoms with E-state index in [0.29, 0.717) is 25.3 Å². The van der Waals surface area contributed by atoms with E-state index in [9.17, 15) is 9.59 Å². The van der Waals surface area contributed by atoms with Crippen LogP contribution >= 0.6 is 0 Å². The standard InChI is InChI=1S/C23H26N2O3/c1-28-21-9-2-16(3-10-21)4-11-22(26)24-20-8-7-17-12-13-25(15-19(17)14-20)23(27)18-5-6-18/h2-3,7-10,14,18H,4-6,11-13,15H2,1H3,(H,24,26). The van der Waals surface area contributed by atoms with Gasteiger partial charge in [-0.3, -0.25) is 9.59 Å². The first-order chi connectivity index (χ1) is 13.6. The van der Waals surface area contributed by atoms with Gasteiger partial charge >= 0.3 is 0 Å². The fraction of sp³-hybridized carbons (Fsp3) is 0.391. The number of nitrogens with one attached hydrogen (secondary N) is 1. The number of ether oxygens (including phenoxy) is 1. The summed E-state index contributed by atoms with van der Waals surface area (Å²) >= 11 is 0. The molecule has 0 saturated heterocycles. The molecule has 1 aliphatic heterocycles. The number of carbonyl (C=O) groups is 2. The fourth-order valence-corrected chi connectivity index (χ4v) is 3.69. The van der Waals surface area contributed by atoms with Crippen LogP contribution in [0.2, 0.25) is 0 Å². The third kappa shape index (κ3) is 4.35.